The molecule has 0 fully saturated rings. The Kier molecular flexibility index (Phi) is 5.32. The van der Waals surface area contributed by atoms with Gasteiger partial charge < -0.3 is 4.74 Å². The Morgan fingerprint density at radius 3 is 2.58 bits per heavy atom. The predicted molar refractivity (Wildman–Crippen MR) is 47.5 cm³/mol. The highest BCUT2D eigenvalue weighted by atomic mass is 16.5. The smallest absolute Gasteiger partial charge is 0.333 e. The molecule has 0 aromatic rings. The maximum absolute atomic E-state index is 10.8. The second-order valence-corrected chi connectivity index (χ2v) is 2.72. The van der Waals surface area contributed by atoms with E-state index in [9.17, 15) is 4.79 Å². The van der Waals surface area contributed by atoms with Gasteiger partial charge in [0.1, 0.15) is 6.61 Å². The van der Waals surface area contributed by atoms with Crippen LogP contribution in [0.15, 0.2) is 12.2 Å². The number of nitrogens with one attached hydrogen (secondary N) is 1. The van der Waals surface area contributed by atoms with E-state index in [1.165, 1.54) is 0 Å². The van der Waals surface area contributed by atoms with E-state index >= 15 is 0 Å². The number of carbonyl (C=O) groups is 1. The van der Waals surface area contributed by atoms with Gasteiger partial charge in [-0.05, 0) is 6.92 Å². The summed E-state index contributed by atoms with van der Waals surface area (Å²) in [7, 11) is 3.75. The van der Waals surface area contributed by atoms with E-state index in [-0.39, 0.29) is 5.97 Å². The molecule has 0 heterocycles. The molecule has 4 nitrogen and oxygen atoms in total. The van der Waals surface area contributed by atoms with Gasteiger partial charge in [0.25, 0.3) is 0 Å². The van der Waals surface area contributed by atoms with Gasteiger partial charge in [0.15, 0.2) is 0 Å². The summed E-state index contributed by atoms with van der Waals surface area (Å²) in [6.07, 6.45) is 0. The molecular weight excluding hydrogens is 156 g/mol. The monoisotopic (exact) mass is 172 g/mol. The summed E-state index contributed by atoms with van der Waals surface area (Å²) in [5.41, 5.74) is 3.40. The van der Waals surface area contributed by atoms with Crippen molar-refractivity contribution in [3.63, 3.8) is 0 Å². The molecular formula is C8H16N2O2. The highest BCUT2D eigenvalue weighted by molar-refractivity contribution is 5.86. The number of rotatable bonds is 5. The van der Waals surface area contributed by atoms with E-state index in [4.69, 9.17) is 4.74 Å². The van der Waals surface area contributed by atoms with Gasteiger partial charge in [0.05, 0.1) is 0 Å². The predicted octanol–water partition coefficient (Wildman–Crippen LogP) is 0.172. The van der Waals surface area contributed by atoms with Gasteiger partial charge in [-0.2, -0.15) is 0 Å². The fraction of sp³-hybridized carbons (Fsp3) is 0.625. The normalized spacial score (nSPS) is 10.0. The SMILES string of the molecule is C=C(C)C(=O)OCCNN(C)C. The molecule has 0 aromatic carbocycles. The van der Waals surface area contributed by atoms with Crippen LogP contribution in [0.2, 0.25) is 0 Å². The van der Waals surface area contributed by atoms with Gasteiger partial charge in [-0.3, -0.25) is 10.4 Å². The van der Waals surface area contributed by atoms with Crippen LogP contribution in [0.4, 0.5) is 0 Å². The molecule has 1 N–H and O–H groups in total. The Labute approximate surface area is 73.2 Å². The molecule has 0 unspecified atom stereocenters. The van der Waals surface area contributed by atoms with Gasteiger partial charge in [-0.15, -0.1) is 0 Å². The van der Waals surface area contributed by atoms with Gasteiger partial charge >= 0.3 is 5.97 Å². The van der Waals surface area contributed by atoms with Crippen LogP contribution in [-0.2, 0) is 9.53 Å². The van der Waals surface area contributed by atoms with Crippen molar-refractivity contribution < 1.29 is 9.53 Å². The van der Waals surface area contributed by atoms with Crippen molar-refractivity contribution in [2.75, 3.05) is 27.2 Å². The average molecular weight is 172 g/mol. The summed E-state index contributed by atoms with van der Waals surface area (Å²) in [6.45, 7) is 6.07. The first-order valence-corrected chi connectivity index (χ1v) is 3.77. The quantitative estimate of drug-likeness (QED) is 0.278. The molecule has 0 aromatic heterocycles. The average Bonchev–Trinajstić information content (AvgIpc) is 1.97. The largest absolute Gasteiger partial charge is 0.461 e. The fourth-order valence-electron chi connectivity index (χ4n) is 0.536. The summed E-state index contributed by atoms with van der Waals surface area (Å²) >= 11 is 0. The lowest BCUT2D eigenvalue weighted by Gasteiger charge is -2.11. The zero-order valence-corrected chi connectivity index (χ0v) is 7.89. The van der Waals surface area contributed by atoms with Gasteiger partial charge in [-0.1, -0.05) is 6.58 Å². The van der Waals surface area contributed by atoms with Crippen molar-refractivity contribution in [3.05, 3.63) is 12.2 Å². The van der Waals surface area contributed by atoms with Crippen LogP contribution in [0.25, 0.3) is 0 Å². The third-order valence-corrected chi connectivity index (χ3v) is 1.11. The third-order valence-electron chi connectivity index (χ3n) is 1.11. The van der Waals surface area contributed by atoms with Crippen LogP contribution >= 0.6 is 0 Å². The fourth-order valence-corrected chi connectivity index (χ4v) is 0.536. The first-order chi connectivity index (χ1) is 5.54. The minimum Gasteiger partial charge on any atom is -0.461 e. The molecule has 0 aliphatic rings. The van der Waals surface area contributed by atoms with Crippen LogP contribution in [0.3, 0.4) is 0 Å². The van der Waals surface area contributed by atoms with Crippen molar-refractivity contribution >= 4 is 5.97 Å². The van der Waals surface area contributed by atoms with E-state index in [0.717, 1.165) is 0 Å². The van der Waals surface area contributed by atoms with Gasteiger partial charge in [-0.25, -0.2) is 4.79 Å². The molecule has 0 rings (SSSR count). The van der Waals surface area contributed by atoms with Crippen molar-refractivity contribution in [2.24, 2.45) is 0 Å². The summed E-state index contributed by atoms with van der Waals surface area (Å²) < 4.78 is 4.83. The zero-order chi connectivity index (χ0) is 9.56. The molecule has 0 atom stereocenters. The molecule has 0 saturated heterocycles. The Bertz CT molecular complexity index is 166. The Balaban J connectivity index is 3.32. The van der Waals surface area contributed by atoms with Crippen molar-refractivity contribution in [1.82, 2.24) is 10.4 Å². The standard InChI is InChI=1S/C8H16N2O2/c1-7(2)8(11)12-6-5-9-10(3)4/h9H,1,5-6H2,2-4H3. The van der Waals surface area contributed by atoms with Gasteiger partial charge in [0.2, 0.25) is 0 Å². The van der Waals surface area contributed by atoms with E-state index in [1.54, 1.807) is 11.9 Å². The molecule has 70 valence electrons. The minimum absolute atomic E-state index is 0.337. The maximum atomic E-state index is 10.8. The number of esters is 1. The second-order valence-electron chi connectivity index (χ2n) is 2.72. The zero-order valence-electron chi connectivity index (χ0n) is 7.89. The van der Waals surface area contributed by atoms with E-state index in [2.05, 4.69) is 12.0 Å². The van der Waals surface area contributed by atoms with Crippen LogP contribution < -0.4 is 5.43 Å². The molecule has 4 heteroatoms. The number of hydrazine groups is 1. The van der Waals surface area contributed by atoms with Gasteiger partial charge in [0, 0.05) is 26.2 Å². The number of ether oxygens (including phenoxy) is 1. The molecule has 12 heavy (non-hydrogen) atoms. The Morgan fingerprint density at radius 1 is 1.58 bits per heavy atom. The molecule has 0 bridgehead atoms. The topological polar surface area (TPSA) is 41.6 Å². The van der Waals surface area contributed by atoms with Crippen LogP contribution in [0, 0.1) is 0 Å². The highest BCUT2D eigenvalue weighted by Crippen LogP contribution is 1.90. The molecule has 0 amide bonds. The molecule has 0 saturated carbocycles. The first kappa shape index (κ1) is 11.1. The van der Waals surface area contributed by atoms with E-state index in [1.807, 2.05) is 14.1 Å². The van der Waals surface area contributed by atoms with E-state index in [0.29, 0.717) is 18.7 Å². The molecule has 0 aliphatic carbocycles. The first-order valence-electron chi connectivity index (χ1n) is 3.77. The summed E-state index contributed by atoms with van der Waals surface area (Å²) in [6, 6.07) is 0. The number of carbonyl (C=O) groups excluding carboxylic acids is 1. The van der Waals surface area contributed by atoms with Crippen molar-refractivity contribution in [1.29, 1.82) is 0 Å². The van der Waals surface area contributed by atoms with Crippen LogP contribution in [-0.4, -0.2) is 38.2 Å². The summed E-state index contributed by atoms with van der Waals surface area (Å²) in [4.78, 5) is 10.8. The summed E-state index contributed by atoms with van der Waals surface area (Å²) in [5.74, 6) is -0.337. The van der Waals surface area contributed by atoms with Crippen molar-refractivity contribution in [3.8, 4) is 0 Å². The van der Waals surface area contributed by atoms with Crippen molar-refractivity contribution in [2.45, 2.75) is 6.92 Å². The van der Waals surface area contributed by atoms with Crippen LogP contribution in [0.1, 0.15) is 6.92 Å². The van der Waals surface area contributed by atoms with E-state index < -0.39 is 0 Å². The third kappa shape index (κ3) is 5.88. The molecule has 0 spiro atoms. The lowest BCUT2D eigenvalue weighted by molar-refractivity contribution is -0.138. The highest BCUT2D eigenvalue weighted by Gasteiger charge is 2.01. The Morgan fingerprint density at radius 2 is 2.17 bits per heavy atom. The maximum Gasteiger partial charge on any atom is 0.333 e. The Hall–Kier alpha value is -0.870. The second kappa shape index (κ2) is 5.74. The number of nitrogens with zero attached hydrogens (tertiary/aromatic N) is 1. The lowest BCUT2D eigenvalue weighted by Crippen LogP contribution is -2.33. The lowest BCUT2D eigenvalue weighted by atomic mass is 10.4. The number of hydrogen-bond acceptors (Lipinski definition) is 4. The summed E-state index contributed by atoms with van der Waals surface area (Å²) in [5, 5.41) is 1.80. The molecule has 0 radical (unpaired) electrons. The van der Waals surface area contributed by atoms with Crippen LogP contribution in [0.5, 0.6) is 0 Å². The minimum atomic E-state index is -0.337. The number of hydrogen-bond donors (Lipinski definition) is 1. The molecule has 0 aliphatic heterocycles.